The first-order valence-electron chi connectivity index (χ1n) is 11.9. The van der Waals surface area contributed by atoms with E-state index in [-0.39, 0.29) is 46.5 Å². The number of anilines is 2. The normalized spacial score (nSPS) is 18.7. The van der Waals surface area contributed by atoms with Crippen LogP contribution in [0.3, 0.4) is 0 Å². The molecule has 1 saturated heterocycles. The van der Waals surface area contributed by atoms with Gasteiger partial charge in [0, 0.05) is 31.6 Å². The molecule has 2 aromatic heterocycles. The summed E-state index contributed by atoms with van der Waals surface area (Å²) in [6, 6.07) is -0.689. The van der Waals surface area contributed by atoms with E-state index < -0.39 is 22.0 Å². The summed E-state index contributed by atoms with van der Waals surface area (Å²) < 4.78 is 27.8. The lowest BCUT2D eigenvalue weighted by Gasteiger charge is -2.39. The van der Waals surface area contributed by atoms with Gasteiger partial charge in [-0.1, -0.05) is 43.4 Å². The lowest BCUT2D eigenvalue weighted by atomic mass is 9.84. The van der Waals surface area contributed by atoms with Crippen LogP contribution in [0.5, 0.6) is 0 Å². The number of aromatic nitrogens is 2. The van der Waals surface area contributed by atoms with Crippen molar-refractivity contribution in [3.05, 3.63) is 17.3 Å². The third kappa shape index (κ3) is 6.10. The second kappa shape index (κ2) is 11.3. The highest BCUT2D eigenvalue weighted by molar-refractivity contribution is 7.91. The maximum Gasteiger partial charge on any atom is 0.255 e. The Hall–Kier alpha value is -2.42. The Morgan fingerprint density at radius 3 is 2.56 bits per heavy atom. The van der Waals surface area contributed by atoms with Crippen molar-refractivity contribution < 1.29 is 22.8 Å². The Kier molecular flexibility index (Phi) is 8.37. The monoisotopic (exact) mass is 554 g/mol. The molecule has 0 spiro atoms. The Labute approximate surface area is 218 Å². The number of hydrogen-bond donors (Lipinski definition) is 2. The first kappa shape index (κ1) is 26.6. The van der Waals surface area contributed by atoms with Crippen molar-refractivity contribution in [3.8, 4) is 0 Å². The van der Waals surface area contributed by atoms with E-state index in [2.05, 4.69) is 20.6 Å². The van der Waals surface area contributed by atoms with Gasteiger partial charge in [0.25, 0.3) is 10.0 Å². The first-order valence-corrected chi connectivity index (χ1v) is 15.0. The summed E-state index contributed by atoms with van der Waals surface area (Å²) in [5, 5.41) is 7.75. The lowest BCUT2D eigenvalue weighted by Crippen LogP contribution is -2.58. The second-order valence-electron chi connectivity index (χ2n) is 9.08. The molecule has 1 saturated carbocycles. The van der Waals surface area contributed by atoms with Crippen molar-refractivity contribution in [2.45, 2.75) is 62.6 Å². The predicted octanol–water partition coefficient (Wildman–Crippen LogP) is 2.68. The van der Waals surface area contributed by atoms with Gasteiger partial charge in [-0.25, -0.2) is 18.4 Å². The van der Waals surface area contributed by atoms with Crippen LogP contribution < -0.4 is 10.6 Å². The van der Waals surface area contributed by atoms with Crippen LogP contribution in [0.4, 0.5) is 10.3 Å². The van der Waals surface area contributed by atoms with E-state index in [1.807, 2.05) is 0 Å². The highest BCUT2D eigenvalue weighted by Crippen LogP contribution is 2.32. The van der Waals surface area contributed by atoms with Crippen LogP contribution in [0.25, 0.3) is 0 Å². The fourth-order valence-corrected chi connectivity index (χ4v) is 8.24. The summed E-state index contributed by atoms with van der Waals surface area (Å²) in [5.74, 6) is -0.716. The van der Waals surface area contributed by atoms with Crippen molar-refractivity contribution in [3.63, 3.8) is 0 Å². The molecule has 1 unspecified atom stereocenters. The molecule has 3 heterocycles. The number of carbonyl (C=O) groups excluding carboxylic acids is 3. The van der Waals surface area contributed by atoms with Gasteiger partial charge in [-0.15, -0.1) is 11.3 Å². The van der Waals surface area contributed by atoms with Crippen molar-refractivity contribution in [2.75, 3.05) is 30.3 Å². The molecule has 0 aromatic carbocycles. The van der Waals surface area contributed by atoms with Crippen LogP contribution >= 0.6 is 22.7 Å². The predicted molar refractivity (Wildman–Crippen MR) is 137 cm³/mol. The highest BCUT2D eigenvalue weighted by atomic mass is 32.2. The van der Waals surface area contributed by atoms with E-state index in [9.17, 15) is 22.8 Å². The van der Waals surface area contributed by atoms with Gasteiger partial charge in [-0.05, 0) is 19.3 Å². The van der Waals surface area contributed by atoms with Gasteiger partial charge in [-0.3, -0.25) is 14.4 Å². The van der Waals surface area contributed by atoms with E-state index in [1.54, 1.807) is 18.5 Å². The minimum atomic E-state index is -4.00. The molecule has 2 aliphatic rings. The zero-order valence-electron chi connectivity index (χ0n) is 20.2. The Morgan fingerprint density at radius 1 is 1.17 bits per heavy atom. The van der Waals surface area contributed by atoms with Crippen molar-refractivity contribution in [1.82, 2.24) is 19.2 Å². The fourth-order valence-electron chi connectivity index (χ4n) is 4.73. The number of nitrogens with one attached hydrogen (secondary N) is 2. The van der Waals surface area contributed by atoms with Crippen LogP contribution in [0, 0.1) is 12.8 Å². The van der Waals surface area contributed by atoms with E-state index in [0.29, 0.717) is 17.5 Å². The molecule has 14 heteroatoms. The Bertz CT molecular complexity index is 1210. The number of piperazine rings is 1. The van der Waals surface area contributed by atoms with Gasteiger partial charge in [0.1, 0.15) is 6.04 Å². The van der Waals surface area contributed by atoms with Gasteiger partial charge in [0.15, 0.2) is 14.5 Å². The molecule has 2 fully saturated rings. The number of sulfonamides is 1. The number of nitrogens with zero attached hydrogens (tertiary/aromatic N) is 4. The summed E-state index contributed by atoms with van der Waals surface area (Å²) >= 11 is 2.16. The largest absolute Gasteiger partial charge is 0.328 e. The van der Waals surface area contributed by atoms with Gasteiger partial charge in [0.05, 0.1) is 12.2 Å². The van der Waals surface area contributed by atoms with Gasteiger partial charge >= 0.3 is 0 Å². The third-order valence-corrected chi connectivity index (χ3v) is 10.6. The summed E-state index contributed by atoms with van der Waals surface area (Å²) in [6.45, 7) is 2.68. The molecule has 4 rings (SSSR count). The Morgan fingerprint density at radius 2 is 1.92 bits per heavy atom. The summed E-state index contributed by atoms with van der Waals surface area (Å²) in [6.07, 6.45) is 7.59. The topological polar surface area (TPSA) is 142 Å². The van der Waals surface area contributed by atoms with Crippen LogP contribution in [-0.2, 0) is 24.4 Å². The van der Waals surface area contributed by atoms with Gasteiger partial charge in [0.2, 0.25) is 17.7 Å². The molecule has 1 aliphatic carbocycles. The van der Waals surface area contributed by atoms with Gasteiger partial charge in [-0.2, -0.15) is 4.31 Å². The molecule has 2 aromatic rings. The molecule has 11 nitrogen and oxygen atoms in total. The molecule has 1 atom stereocenters. The molecule has 3 amide bonds. The first-order chi connectivity index (χ1) is 17.1. The molecule has 1 aliphatic heterocycles. The van der Waals surface area contributed by atoms with E-state index in [4.69, 9.17) is 0 Å². The molecule has 2 N–H and O–H groups in total. The zero-order chi connectivity index (χ0) is 25.9. The molecular formula is C22H30N6O5S3. The highest BCUT2D eigenvalue weighted by Gasteiger charge is 2.40. The number of hydrogen-bond acceptors (Lipinski definition) is 9. The second-order valence-corrected chi connectivity index (χ2v) is 13.1. The van der Waals surface area contributed by atoms with Gasteiger partial charge < -0.3 is 15.5 Å². The number of aryl methyl sites for hydroxylation is 1. The van der Waals surface area contributed by atoms with Crippen LogP contribution in [-0.4, -0.2) is 71.0 Å². The smallest absolute Gasteiger partial charge is 0.255 e. The average molecular weight is 555 g/mol. The maximum absolute atomic E-state index is 13.3. The number of carbonyl (C=O) groups is 3. The number of rotatable bonds is 8. The molecule has 0 radical (unpaired) electrons. The quantitative estimate of drug-likeness (QED) is 0.511. The zero-order valence-corrected chi connectivity index (χ0v) is 22.7. The number of amides is 3. The van der Waals surface area contributed by atoms with E-state index in [0.717, 1.165) is 41.3 Å². The number of thiazole rings is 2. The van der Waals surface area contributed by atoms with Crippen molar-refractivity contribution in [2.24, 2.45) is 5.92 Å². The summed E-state index contributed by atoms with van der Waals surface area (Å²) in [4.78, 5) is 47.6. The van der Waals surface area contributed by atoms with E-state index in [1.165, 1.54) is 29.6 Å². The molecule has 36 heavy (non-hydrogen) atoms. The van der Waals surface area contributed by atoms with Crippen LogP contribution in [0.15, 0.2) is 15.8 Å². The standard InChI is InChI=1S/C22H30N6O5S3/c1-14-20(35-22(24-14)25-15(2)29)36(32,33)27-9-10-28(18(30)13-27)17(12-16-6-4-3-5-7-16)19(31)26-21-23-8-11-34-21/h8,11,16-17H,3-7,9-10,12-13H2,1-2H3,(H,23,26,31)(H,24,25,29). The van der Waals surface area contributed by atoms with Crippen molar-refractivity contribution >= 4 is 60.7 Å². The Balaban J connectivity index is 1.50. The fraction of sp³-hybridized carbons (Fsp3) is 0.591. The average Bonchev–Trinajstić information content (AvgIpc) is 3.47. The third-order valence-electron chi connectivity index (χ3n) is 6.46. The van der Waals surface area contributed by atoms with Crippen molar-refractivity contribution in [1.29, 1.82) is 0 Å². The molecule has 196 valence electrons. The molecular weight excluding hydrogens is 524 g/mol. The SMILES string of the molecule is CC(=O)Nc1nc(C)c(S(=O)(=O)N2CCN(C(CC3CCCCC3)C(=O)Nc3nccs3)C(=O)C2)s1. The van der Waals surface area contributed by atoms with Crippen LogP contribution in [0.2, 0.25) is 0 Å². The van der Waals surface area contributed by atoms with E-state index >= 15 is 0 Å². The maximum atomic E-state index is 13.3. The van der Waals surface area contributed by atoms with Crippen LogP contribution in [0.1, 0.15) is 51.1 Å². The minimum absolute atomic E-state index is 0.00670. The summed E-state index contributed by atoms with van der Waals surface area (Å²) in [5.41, 5.74) is 0.261. The summed E-state index contributed by atoms with van der Waals surface area (Å²) in [7, 11) is -4.00. The lowest BCUT2D eigenvalue weighted by molar-refractivity contribution is -0.142. The minimum Gasteiger partial charge on any atom is -0.328 e. The molecule has 0 bridgehead atoms.